The lowest BCUT2D eigenvalue weighted by atomic mass is 9.84. The predicted molar refractivity (Wildman–Crippen MR) is 83.7 cm³/mol. The van der Waals surface area contributed by atoms with E-state index in [1.54, 1.807) is 21.1 Å². The zero-order valence-corrected chi connectivity index (χ0v) is 13.5. The summed E-state index contributed by atoms with van der Waals surface area (Å²) in [4.78, 5) is 13.5. The van der Waals surface area contributed by atoms with Gasteiger partial charge in [0.15, 0.2) is 0 Å². The minimum Gasteiger partial charge on any atom is -0.497 e. The number of likely N-dealkylation sites (N-methyl/N-ethyl adjacent to an activating group) is 1. The molecule has 0 spiro atoms. The van der Waals surface area contributed by atoms with E-state index in [0.29, 0.717) is 6.54 Å². The molecule has 0 radical (unpaired) electrons. The maximum Gasteiger partial charge on any atom is 0.317 e. The number of ether oxygens (including phenoxy) is 1. The van der Waals surface area contributed by atoms with Crippen LogP contribution in [0.1, 0.15) is 26.3 Å². The number of rotatable bonds is 6. The molecule has 0 bridgehead atoms. The lowest BCUT2D eigenvalue weighted by Crippen LogP contribution is -2.47. The van der Waals surface area contributed by atoms with E-state index in [0.717, 1.165) is 11.3 Å². The van der Waals surface area contributed by atoms with E-state index in [1.165, 1.54) is 4.90 Å². The second-order valence-corrected chi connectivity index (χ2v) is 5.92. The summed E-state index contributed by atoms with van der Waals surface area (Å²) in [6.45, 7) is 6.38. The molecule has 1 aromatic rings. The fourth-order valence-corrected chi connectivity index (χ4v) is 1.89. The fraction of sp³-hybridized carbons (Fsp3) is 0.562. The van der Waals surface area contributed by atoms with Crippen molar-refractivity contribution in [2.75, 3.05) is 27.3 Å². The Labute approximate surface area is 126 Å². The van der Waals surface area contributed by atoms with Gasteiger partial charge < -0.3 is 20.1 Å². The Morgan fingerprint density at radius 3 is 2.71 bits per heavy atom. The molecule has 1 unspecified atom stereocenters. The first-order valence-corrected chi connectivity index (χ1v) is 7.08. The third-order valence-corrected chi connectivity index (χ3v) is 3.78. The van der Waals surface area contributed by atoms with Crippen LogP contribution in [-0.2, 0) is 5.41 Å². The van der Waals surface area contributed by atoms with Crippen LogP contribution in [0.15, 0.2) is 24.3 Å². The van der Waals surface area contributed by atoms with Gasteiger partial charge in [0.2, 0.25) is 0 Å². The molecule has 0 aliphatic rings. The van der Waals surface area contributed by atoms with Gasteiger partial charge in [0.25, 0.3) is 0 Å². The number of nitrogens with one attached hydrogen (secondary N) is 1. The monoisotopic (exact) mass is 294 g/mol. The van der Waals surface area contributed by atoms with Gasteiger partial charge in [-0.15, -0.1) is 0 Å². The molecule has 0 aromatic heterocycles. The fourth-order valence-electron chi connectivity index (χ4n) is 1.89. The summed E-state index contributed by atoms with van der Waals surface area (Å²) < 4.78 is 5.24. The number of methoxy groups -OCH3 is 1. The van der Waals surface area contributed by atoms with E-state index < -0.39 is 0 Å². The zero-order valence-electron chi connectivity index (χ0n) is 13.5. The van der Waals surface area contributed by atoms with Crippen LogP contribution in [0.4, 0.5) is 4.79 Å². The Balaban J connectivity index is 2.70. The van der Waals surface area contributed by atoms with Crippen molar-refractivity contribution >= 4 is 6.03 Å². The van der Waals surface area contributed by atoms with E-state index in [2.05, 4.69) is 19.2 Å². The maximum atomic E-state index is 12.0. The number of hydrogen-bond acceptors (Lipinski definition) is 3. The van der Waals surface area contributed by atoms with Crippen molar-refractivity contribution in [1.29, 1.82) is 0 Å². The molecule has 118 valence electrons. The number of carbonyl (C=O) groups excluding carboxylic acids is 1. The molecule has 2 N–H and O–H groups in total. The highest BCUT2D eigenvalue weighted by molar-refractivity contribution is 5.74. The van der Waals surface area contributed by atoms with Crippen LogP contribution in [0.2, 0.25) is 0 Å². The third-order valence-electron chi connectivity index (χ3n) is 3.78. The van der Waals surface area contributed by atoms with Gasteiger partial charge in [-0.2, -0.15) is 0 Å². The molecule has 2 amide bonds. The Morgan fingerprint density at radius 2 is 2.14 bits per heavy atom. The van der Waals surface area contributed by atoms with Gasteiger partial charge in [-0.1, -0.05) is 26.0 Å². The zero-order chi connectivity index (χ0) is 16.0. The van der Waals surface area contributed by atoms with Crippen LogP contribution in [0.3, 0.4) is 0 Å². The summed E-state index contributed by atoms with van der Waals surface area (Å²) in [5.74, 6) is 0.804. The van der Waals surface area contributed by atoms with Crippen molar-refractivity contribution in [3.63, 3.8) is 0 Å². The summed E-state index contributed by atoms with van der Waals surface area (Å²) in [6.07, 6.45) is 0. The number of amides is 2. The van der Waals surface area contributed by atoms with E-state index in [-0.39, 0.29) is 24.1 Å². The summed E-state index contributed by atoms with van der Waals surface area (Å²) in [6, 6.07) is 7.45. The van der Waals surface area contributed by atoms with Crippen LogP contribution < -0.4 is 10.1 Å². The van der Waals surface area contributed by atoms with Crippen molar-refractivity contribution in [2.45, 2.75) is 32.2 Å². The summed E-state index contributed by atoms with van der Waals surface area (Å²) in [5, 5.41) is 12.0. The minimum absolute atomic E-state index is 0.0524. The summed E-state index contributed by atoms with van der Waals surface area (Å²) >= 11 is 0. The van der Waals surface area contributed by atoms with Gasteiger partial charge in [0, 0.05) is 19.0 Å². The molecule has 5 nitrogen and oxygen atoms in total. The highest BCUT2D eigenvalue weighted by Crippen LogP contribution is 2.25. The molecular weight excluding hydrogens is 268 g/mol. The van der Waals surface area contributed by atoms with E-state index in [1.807, 2.05) is 24.3 Å². The minimum atomic E-state index is -0.215. The maximum absolute atomic E-state index is 12.0. The van der Waals surface area contributed by atoms with Crippen LogP contribution in [0.25, 0.3) is 0 Å². The average molecular weight is 294 g/mol. The van der Waals surface area contributed by atoms with Crippen molar-refractivity contribution in [3.05, 3.63) is 29.8 Å². The highest BCUT2D eigenvalue weighted by Gasteiger charge is 2.23. The van der Waals surface area contributed by atoms with Crippen LogP contribution in [-0.4, -0.2) is 49.4 Å². The Bertz CT molecular complexity index is 474. The molecule has 0 heterocycles. The second kappa shape index (κ2) is 7.31. The summed E-state index contributed by atoms with van der Waals surface area (Å²) in [7, 11) is 3.31. The molecule has 0 fully saturated rings. The first kappa shape index (κ1) is 17.3. The van der Waals surface area contributed by atoms with Crippen LogP contribution >= 0.6 is 0 Å². The highest BCUT2D eigenvalue weighted by atomic mass is 16.5. The molecule has 5 heteroatoms. The molecule has 0 aliphatic heterocycles. The molecule has 0 saturated heterocycles. The first-order chi connectivity index (χ1) is 9.81. The predicted octanol–water partition coefficient (Wildman–Crippen LogP) is 2.00. The quantitative estimate of drug-likeness (QED) is 0.843. The molecule has 1 rings (SSSR count). The molecule has 1 aromatic carbocycles. The van der Waals surface area contributed by atoms with Crippen LogP contribution in [0.5, 0.6) is 5.75 Å². The first-order valence-electron chi connectivity index (χ1n) is 7.08. The average Bonchev–Trinajstić information content (AvgIpc) is 2.51. The molecule has 0 saturated carbocycles. The van der Waals surface area contributed by atoms with Gasteiger partial charge in [0.05, 0.1) is 19.8 Å². The lowest BCUT2D eigenvalue weighted by molar-refractivity contribution is 0.156. The van der Waals surface area contributed by atoms with E-state index >= 15 is 0 Å². The third kappa shape index (κ3) is 4.63. The normalized spacial score (nSPS) is 12.7. The topological polar surface area (TPSA) is 61.8 Å². The largest absolute Gasteiger partial charge is 0.497 e. The number of benzene rings is 1. The van der Waals surface area contributed by atoms with E-state index in [4.69, 9.17) is 9.84 Å². The SMILES string of the molecule is COc1cccc(C(C)(C)CNC(=O)N(C)C(C)CO)c1. The van der Waals surface area contributed by atoms with Crippen molar-refractivity contribution in [3.8, 4) is 5.75 Å². The van der Waals surface area contributed by atoms with Gasteiger partial charge in [-0.25, -0.2) is 4.79 Å². The Hall–Kier alpha value is -1.75. The Kier molecular flexibility index (Phi) is 6.03. The standard InChI is InChI=1S/C16H26N2O3/c1-12(10-19)18(4)15(20)17-11-16(2,3)13-7-6-8-14(9-13)21-5/h6-9,12,19H,10-11H2,1-5H3,(H,17,20). The van der Waals surface area contributed by atoms with Crippen molar-refractivity contribution < 1.29 is 14.6 Å². The number of aliphatic hydroxyl groups excluding tert-OH is 1. The molecular formula is C16H26N2O3. The van der Waals surface area contributed by atoms with Crippen molar-refractivity contribution in [2.24, 2.45) is 0 Å². The lowest BCUT2D eigenvalue weighted by Gasteiger charge is -2.29. The number of hydrogen-bond donors (Lipinski definition) is 2. The second-order valence-electron chi connectivity index (χ2n) is 5.92. The Morgan fingerprint density at radius 1 is 1.48 bits per heavy atom. The smallest absolute Gasteiger partial charge is 0.317 e. The molecule has 21 heavy (non-hydrogen) atoms. The van der Waals surface area contributed by atoms with Crippen LogP contribution in [0, 0.1) is 0 Å². The number of urea groups is 1. The molecule has 0 aliphatic carbocycles. The van der Waals surface area contributed by atoms with E-state index in [9.17, 15) is 4.79 Å². The summed E-state index contributed by atoms with van der Waals surface area (Å²) in [5.41, 5.74) is 0.882. The van der Waals surface area contributed by atoms with Crippen molar-refractivity contribution in [1.82, 2.24) is 10.2 Å². The van der Waals surface area contributed by atoms with Gasteiger partial charge in [-0.05, 0) is 24.6 Å². The number of nitrogens with zero attached hydrogens (tertiary/aromatic N) is 1. The number of carbonyl (C=O) groups is 1. The number of aliphatic hydroxyl groups is 1. The van der Waals surface area contributed by atoms with Gasteiger partial charge >= 0.3 is 6.03 Å². The van der Waals surface area contributed by atoms with Gasteiger partial charge in [0.1, 0.15) is 5.75 Å². The molecule has 1 atom stereocenters. The van der Waals surface area contributed by atoms with Gasteiger partial charge in [-0.3, -0.25) is 0 Å².